The van der Waals surface area contributed by atoms with Crippen LogP contribution in [0, 0.1) is 6.92 Å². The molecule has 0 fully saturated rings. The predicted molar refractivity (Wildman–Crippen MR) is 125 cm³/mol. The molecule has 5 nitrogen and oxygen atoms in total. The molecule has 0 saturated carbocycles. The molecule has 5 heteroatoms. The fraction of sp³-hybridized carbons (Fsp3) is 0.185. The van der Waals surface area contributed by atoms with Crippen molar-refractivity contribution in [3.8, 4) is 5.75 Å². The number of hydrogen-bond acceptors (Lipinski definition) is 4. The Morgan fingerprint density at radius 3 is 2.66 bits per heavy atom. The highest BCUT2D eigenvalue weighted by molar-refractivity contribution is 6.08. The standard InChI is InChI=1S/C27H23N3O2/c1-3-16-29-23-10-6-5-9-21(23)27(26(29)31)30-24(20-8-4-7-11-25(20)32-27)17-22(28-30)19-14-12-18(2)13-15-19/h3-15,24H,1,16-17H2,2H3/t24-,27+/m1/s1. The van der Waals surface area contributed by atoms with Gasteiger partial charge in [0.1, 0.15) is 5.75 Å². The lowest BCUT2D eigenvalue weighted by atomic mass is 9.92. The first-order chi connectivity index (χ1) is 15.6. The molecule has 3 aliphatic rings. The molecule has 0 saturated heterocycles. The summed E-state index contributed by atoms with van der Waals surface area (Å²) in [5, 5.41) is 6.94. The van der Waals surface area contributed by atoms with Gasteiger partial charge in [-0.2, -0.15) is 5.10 Å². The van der Waals surface area contributed by atoms with E-state index in [1.54, 1.807) is 11.0 Å². The van der Waals surface area contributed by atoms with Gasteiger partial charge in [-0.3, -0.25) is 4.79 Å². The fourth-order valence-corrected chi connectivity index (χ4v) is 5.05. The van der Waals surface area contributed by atoms with Gasteiger partial charge < -0.3 is 9.64 Å². The van der Waals surface area contributed by atoms with E-state index in [1.807, 2.05) is 47.5 Å². The maximum atomic E-state index is 14.0. The van der Waals surface area contributed by atoms with Crippen molar-refractivity contribution in [1.82, 2.24) is 5.01 Å². The van der Waals surface area contributed by atoms with Crippen LogP contribution in [0.2, 0.25) is 0 Å². The second kappa shape index (κ2) is 6.82. The highest BCUT2D eigenvalue weighted by atomic mass is 16.5. The van der Waals surface area contributed by atoms with Gasteiger partial charge in [-0.25, -0.2) is 5.01 Å². The van der Waals surface area contributed by atoms with Gasteiger partial charge in [-0.05, 0) is 24.6 Å². The molecule has 1 spiro atoms. The number of rotatable bonds is 3. The van der Waals surface area contributed by atoms with E-state index < -0.39 is 5.72 Å². The van der Waals surface area contributed by atoms with Crippen molar-refractivity contribution in [1.29, 1.82) is 0 Å². The van der Waals surface area contributed by atoms with Gasteiger partial charge in [-0.1, -0.05) is 72.3 Å². The Balaban J connectivity index is 1.57. The molecule has 3 aliphatic heterocycles. The monoisotopic (exact) mass is 421 g/mol. The number of hydrazone groups is 1. The number of aryl methyl sites for hydroxylation is 1. The normalized spacial score (nSPS) is 22.8. The lowest BCUT2D eigenvalue weighted by Gasteiger charge is -2.44. The van der Waals surface area contributed by atoms with Gasteiger partial charge in [0.15, 0.2) is 0 Å². The minimum atomic E-state index is -1.33. The number of anilines is 1. The first-order valence-electron chi connectivity index (χ1n) is 10.9. The second-order valence-electron chi connectivity index (χ2n) is 8.48. The molecule has 158 valence electrons. The topological polar surface area (TPSA) is 45.1 Å². The van der Waals surface area contributed by atoms with Crippen LogP contribution in [0.5, 0.6) is 5.75 Å². The molecule has 0 N–H and O–H groups in total. The summed E-state index contributed by atoms with van der Waals surface area (Å²) >= 11 is 0. The van der Waals surface area contributed by atoms with Crippen LogP contribution in [0.15, 0.2) is 90.6 Å². The Morgan fingerprint density at radius 2 is 1.84 bits per heavy atom. The van der Waals surface area contributed by atoms with Crippen LogP contribution in [0.25, 0.3) is 0 Å². The second-order valence-corrected chi connectivity index (χ2v) is 8.48. The lowest BCUT2D eigenvalue weighted by molar-refractivity contribution is -0.163. The van der Waals surface area contributed by atoms with Crippen molar-refractivity contribution in [3.63, 3.8) is 0 Å². The fourth-order valence-electron chi connectivity index (χ4n) is 5.05. The first kappa shape index (κ1) is 18.9. The maximum Gasteiger partial charge on any atom is 0.306 e. The minimum absolute atomic E-state index is 0.0862. The van der Waals surface area contributed by atoms with Gasteiger partial charge in [-0.15, -0.1) is 6.58 Å². The third-order valence-corrected chi connectivity index (χ3v) is 6.56. The smallest absolute Gasteiger partial charge is 0.306 e. The summed E-state index contributed by atoms with van der Waals surface area (Å²) in [6, 6.07) is 24.1. The molecule has 2 atom stereocenters. The summed E-state index contributed by atoms with van der Waals surface area (Å²) in [6.07, 6.45) is 2.45. The molecule has 32 heavy (non-hydrogen) atoms. The third kappa shape index (κ3) is 2.45. The number of benzene rings is 3. The number of fused-ring (bicyclic) bond motifs is 6. The molecular weight excluding hydrogens is 398 g/mol. The van der Waals surface area contributed by atoms with E-state index in [1.165, 1.54) is 5.56 Å². The van der Waals surface area contributed by atoms with Crippen LogP contribution >= 0.6 is 0 Å². The molecule has 0 unspecified atom stereocenters. The minimum Gasteiger partial charge on any atom is -0.453 e. The van der Waals surface area contributed by atoms with E-state index in [0.29, 0.717) is 13.0 Å². The van der Waals surface area contributed by atoms with Crippen LogP contribution in [-0.2, 0) is 10.5 Å². The Kier molecular flexibility index (Phi) is 4.02. The quantitative estimate of drug-likeness (QED) is 0.564. The van der Waals surface area contributed by atoms with E-state index >= 15 is 0 Å². The van der Waals surface area contributed by atoms with Gasteiger partial charge in [0, 0.05) is 18.5 Å². The molecule has 3 heterocycles. The SMILES string of the molecule is C=CCN1C(=O)[C@@]2(Oc3ccccc3[C@H]3CC(c4ccc(C)cc4)=NN32)c2ccccc21. The third-order valence-electron chi connectivity index (χ3n) is 6.56. The number of para-hydroxylation sites is 2. The van der Waals surface area contributed by atoms with Crippen molar-refractivity contribution in [2.24, 2.45) is 5.10 Å². The van der Waals surface area contributed by atoms with Crippen LogP contribution in [0.1, 0.15) is 34.7 Å². The van der Waals surface area contributed by atoms with Crippen molar-refractivity contribution in [2.45, 2.75) is 25.1 Å². The van der Waals surface area contributed by atoms with Gasteiger partial charge in [0.25, 0.3) is 5.91 Å². The Labute approximate surface area is 187 Å². The largest absolute Gasteiger partial charge is 0.453 e. The number of amides is 1. The van der Waals surface area contributed by atoms with Crippen molar-refractivity contribution < 1.29 is 9.53 Å². The molecule has 3 aromatic rings. The zero-order valence-electron chi connectivity index (χ0n) is 17.9. The lowest BCUT2D eigenvalue weighted by Crippen LogP contribution is -2.57. The molecular formula is C27H23N3O2. The Morgan fingerprint density at radius 1 is 1.09 bits per heavy atom. The summed E-state index contributed by atoms with van der Waals surface area (Å²) in [4.78, 5) is 15.8. The summed E-state index contributed by atoms with van der Waals surface area (Å²) in [6.45, 7) is 6.34. The molecule has 0 radical (unpaired) electrons. The molecule has 0 bridgehead atoms. The Hall–Kier alpha value is -3.86. The molecule has 0 aliphatic carbocycles. The highest BCUT2D eigenvalue weighted by Gasteiger charge is 2.62. The van der Waals surface area contributed by atoms with Crippen LogP contribution < -0.4 is 9.64 Å². The number of nitrogens with zero attached hydrogens (tertiary/aromatic N) is 3. The van der Waals surface area contributed by atoms with E-state index in [2.05, 4.69) is 43.8 Å². The Bertz CT molecular complexity index is 1280. The van der Waals surface area contributed by atoms with Crippen LogP contribution in [-0.4, -0.2) is 23.2 Å². The van der Waals surface area contributed by atoms with Crippen molar-refractivity contribution >= 4 is 17.3 Å². The summed E-state index contributed by atoms with van der Waals surface area (Å²) in [7, 11) is 0. The summed E-state index contributed by atoms with van der Waals surface area (Å²) < 4.78 is 6.61. The number of hydrogen-bond donors (Lipinski definition) is 0. The average molecular weight is 422 g/mol. The number of carbonyl (C=O) groups excluding carboxylic acids is 1. The number of ether oxygens (including phenoxy) is 1. The van der Waals surface area contributed by atoms with E-state index in [9.17, 15) is 4.79 Å². The van der Waals surface area contributed by atoms with E-state index in [4.69, 9.17) is 9.84 Å². The molecule has 6 rings (SSSR count). The van der Waals surface area contributed by atoms with Crippen LogP contribution in [0.3, 0.4) is 0 Å². The van der Waals surface area contributed by atoms with Gasteiger partial charge in [0.2, 0.25) is 0 Å². The van der Waals surface area contributed by atoms with Crippen LogP contribution in [0.4, 0.5) is 5.69 Å². The zero-order chi connectivity index (χ0) is 21.9. The molecule has 1 amide bonds. The maximum absolute atomic E-state index is 14.0. The van der Waals surface area contributed by atoms with Crippen molar-refractivity contribution in [2.75, 3.05) is 11.4 Å². The summed E-state index contributed by atoms with van der Waals surface area (Å²) in [5.41, 5.74) is 4.62. The summed E-state index contributed by atoms with van der Waals surface area (Å²) in [5.74, 6) is 0.602. The highest BCUT2D eigenvalue weighted by Crippen LogP contribution is 2.55. The van der Waals surface area contributed by atoms with Gasteiger partial charge >= 0.3 is 5.72 Å². The zero-order valence-corrected chi connectivity index (χ0v) is 17.9. The van der Waals surface area contributed by atoms with E-state index in [0.717, 1.165) is 33.8 Å². The molecule has 3 aromatic carbocycles. The van der Waals surface area contributed by atoms with Crippen molar-refractivity contribution in [3.05, 3.63) is 108 Å². The van der Waals surface area contributed by atoms with Gasteiger partial charge in [0.05, 0.1) is 23.0 Å². The first-order valence-corrected chi connectivity index (χ1v) is 10.9. The van der Waals surface area contributed by atoms with E-state index in [-0.39, 0.29) is 11.9 Å². The number of carbonyl (C=O) groups is 1. The average Bonchev–Trinajstić information content (AvgIpc) is 3.36. The predicted octanol–water partition coefficient (Wildman–Crippen LogP) is 4.92. The molecule has 0 aromatic heterocycles.